The number of hydrogen-bond donors (Lipinski definition) is 2. The highest BCUT2D eigenvalue weighted by Crippen LogP contribution is 2.34. The zero-order valence-corrected chi connectivity index (χ0v) is 10.8. The number of piperidine rings is 1. The highest BCUT2D eigenvalue weighted by Gasteiger charge is 2.24. The molecule has 0 spiro atoms. The maximum absolute atomic E-state index is 6.35. The Labute approximate surface area is 107 Å². The molecule has 1 fully saturated rings. The lowest BCUT2D eigenvalue weighted by Gasteiger charge is -2.29. The maximum Gasteiger partial charge on any atom is 0.123 e. The molecule has 0 saturated carbocycles. The van der Waals surface area contributed by atoms with Crippen LogP contribution in [0.2, 0.25) is 5.02 Å². The van der Waals surface area contributed by atoms with Gasteiger partial charge in [0.2, 0.25) is 0 Å². The molecule has 3 N–H and O–H groups in total. The Hall–Kier alpha value is -0.770. The predicted octanol–water partition coefficient (Wildman–Crippen LogP) is 2.35. The van der Waals surface area contributed by atoms with Crippen LogP contribution >= 0.6 is 11.6 Å². The molecule has 94 valence electrons. The minimum atomic E-state index is 0.00532. The number of nitrogens with one attached hydrogen (secondary N) is 1. The third-order valence-corrected chi connectivity index (χ3v) is 3.68. The molecule has 1 unspecified atom stereocenters. The van der Waals surface area contributed by atoms with Crippen molar-refractivity contribution in [2.24, 2.45) is 11.7 Å². The van der Waals surface area contributed by atoms with Crippen LogP contribution in [0.4, 0.5) is 0 Å². The monoisotopic (exact) mass is 254 g/mol. The molecule has 0 radical (unpaired) electrons. The van der Waals surface area contributed by atoms with E-state index in [1.807, 2.05) is 18.2 Å². The summed E-state index contributed by atoms with van der Waals surface area (Å²) in [6, 6.07) is 5.65. The molecule has 3 nitrogen and oxygen atoms in total. The van der Waals surface area contributed by atoms with E-state index in [0.717, 1.165) is 37.2 Å². The van der Waals surface area contributed by atoms with Crippen molar-refractivity contribution >= 4 is 11.6 Å². The van der Waals surface area contributed by atoms with Gasteiger partial charge < -0.3 is 15.8 Å². The van der Waals surface area contributed by atoms with E-state index in [-0.39, 0.29) is 6.04 Å². The second-order valence-corrected chi connectivity index (χ2v) is 4.94. The van der Waals surface area contributed by atoms with Crippen molar-refractivity contribution in [2.75, 3.05) is 20.2 Å². The molecule has 0 aliphatic carbocycles. The first kappa shape index (κ1) is 12.7. The van der Waals surface area contributed by atoms with Crippen molar-refractivity contribution in [1.82, 2.24) is 5.32 Å². The second-order valence-electron chi connectivity index (χ2n) is 4.50. The summed E-state index contributed by atoms with van der Waals surface area (Å²) in [5, 5.41) is 4.06. The number of halogens is 1. The normalized spacial score (nSPS) is 19.0. The lowest BCUT2D eigenvalue weighted by atomic mass is 9.86. The molecule has 1 aromatic rings. The molecule has 1 aliphatic heterocycles. The van der Waals surface area contributed by atoms with Crippen LogP contribution in [-0.4, -0.2) is 20.2 Å². The number of ether oxygens (including phenoxy) is 1. The number of nitrogens with two attached hydrogens (primary N) is 1. The number of benzene rings is 1. The Kier molecular flexibility index (Phi) is 4.26. The first-order chi connectivity index (χ1) is 8.22. The molecule has 1 aromatic carbocycles. The maximum atomic E-state index is 6.35. The van der Waals surface area contributed by atoms with E-state index in [0.29, 0.717) is 10.9 Å². The van der Waals surface area contributed by atoms with Crippen molar-refractivity contribution in [3.63, 3.8) is 0 Å². The van der Waals surface area contributed by atoms with Crippen molar-refractivity contribution < 1.29 is 4.74 Å². The van der Waals surface area contributed by atoms with Crippen LogP contribution in [0, 0.1) is 5.92 Å². The third-order valence-electron chi connectivity index (χ3n) is 3.44. The van der Waals surface area contributed by atoms with Crippen LogP contribution in [-0.2, 0) is 0 Å². The van der Waals surface area contributed by atoms with Gasteiger partial charge in [-0.25, -0.2) is 0 Å². The summed E-state index contributed by atoms with van der Waals surface area (Å²) >= 11 is 6.03. The van der Waals surface area contributed by atoms with Gasteiger partial charge in [0.25, 0.3) is 0 Å². The summed E-state index contributed by atoms with van der Waals surface area (Å²) in [4.78, 5) is 0. The first-order valence-corrected chi connectivity index (χ1v) is 6.40. The molecular formula is C13H19ClN2O. The molecule has 0 aromatic heterocycles. The molecule has 2 rings (SSSR count). The van der Waals surface area contributed by atoms with Gasteiger partial charge in [-0.3, -0.25) is 0 Å². The van der Waals surface area contributed by atoms with Crippen LogP contribution in [0.25, 0.3) is 0 Å². The molecule has 1 saturated heterocycles. The zero-order valence-electron chi connectivity index (χ0n) is 10.1. The Morgan fingerprint density at radius 2 is 2.12 bits per heavy atom. The van der Waals surface area contributed by atoms with Gasteiger partial charge in [0.05, 0.1) is 7.11 Å². The summed E-state index contributed by atoms with van der Waals surface area (Å²) < 4.78 is 5.36. The van der Waals surface area contributed by atoms with E-state index in [4.69, 9.17) is 22.1 Å². The lowest BCUT2D eigenvalue weighted by molar-refractivity contribution is 0.313. The Balaban J connectivity index is 2.21. The Morgan fingerprint density at radius 3 is 2.76 bits per heavy atom. The van der Waals surface area contributed by atoms with Crippen LogP contribution in [0.5, 0.6) is 5.75 Å². The van der Waals surface area contributed by atoms with Gasteiger partial charge in [-0.1, -0.05) is 11.6 Å². The summed E-state index contributed by atoms with van der Waals surface area (Å²) in [6.07, 6.45) is 2.22. The molecule has 0 bridgehead atoms. The summed E-state index contributed by atoms with van der Waals surface area (Å²) in [5.74, 6) is 1.34. The van der Waals surface area contributed by atoms with Crippen LogP contribution in [0.15, 0.2) is 18.2 Å². The molecule has 17 heavy (non-hydrogen) atoms. The topological polar surface area (TPSA) is 47.3 Å². The average Bonchev–Trinajstić information content (AvgIpc) is 2.39. The summed E-state index contributed by atoms with van der Waals surface area (Å²) in [5.41, 5.74) is 7.37. The summed E-state index contributed by atoms with van der Waals surface area (Å²) in [6.45, 7) is 2.09. The fourth-order valence-electron chi connectivity index (χ4n) is 2.42. The van der Waals surface area contributed by atoms with E-state index < -0.39 is 0 Å². The first-order valence-electron chi connectivity index (χ1n) is 6.02. The second kappa shape index (κ2) is 5.71. The van der Waals surface area contributed by atoms with Gasteiger partial charge in [-0.05, 0) is 50.0 Å². The standard InChI is InChI=1S/C13H19ClN2O/c1-17-12-3-2-10(14)8-11(12)13(15)9-4-6-16-7-5-9/h2-3,8-9,13,16H,4-7,15H2,1H3. The van der Waals surface area contributed by atoms with Crippen molar-refractivity contribution in [2.45, 2.75) is 18.9 Å². The zero-order chi connectivity index (χ0) is 12.3. The van der Waals surface area contributed by atoms with Gasteiger partial charge in [0, 0.05) is 16.6 Å². The fraction of sp³-hybridized carbons (Fsp3) is 0.538. The largest absolute Gasteiger partial charge is 0.496 e. The lowest BCUT2D eigenvalue weighted by Crippen LogP contribution is -2.33. The molecule has 4 heteroatoms. The van der Waals surface area contributed by atoms with E-state index in [1.54, 1.807) is 7.11 Å². The third kappa shape index (κ3) is 2.92. The van der Waals surface area contributed by atoms with Crippen LogP contribution in [0.3, 0.4) is 0 Å². The smallest absolute Gasteiger partial charge is 0.123 e. The summed E-state index contributed by atoms with van der Waals surface area (Å²) in [7, 11) is 1.67. The van der Waals surface area contributed by atoms with E-state index in [1.165, 1.54) is 0 Å². The number of hydrogen-bond acceptors (Lipinski definition) is 3. The number of rotatable bonds is 3. The van der Waals surface area contributed by atoms with Gasteiger partial charge in [0.1, 0.15) is 5.75 Å². The molecule has 0 amide bonds. The van der Waals surface area contributed by atoms with E-state index in [2.05, 4.69) is 5.32 Å². The highest BCUT2D eigenvalue weighted by molar-refractivity contribution is 6.30. The molecule has 1 heterocycles. The van der Waals surface area contributed by atoms with Crippen LogP contribution < -0.4 is 15.8 Å². The highest BCUT2D eigenvalue weighted by atomic mass is 35.5. The van der Waals surface area contributed by atoms with Gasteiger partial charge in [-0.15, -0.1) is 0 Å². The molecule has 1 atom stereocenters. The van der Waals surface area contributed by atoms with Crippen molar-refractivity contribution in [3.05, 3.63) is 28.8 Å². The van der Waals surface area contributed by atoms with Crippen molar-refractivity contribution in [1.29, 1.82) is 0 Å². The minimum absolute atomic E-state index is 0.00532. The van der Waals surface area contributed by atoms with E-state index >= 15 is 0 Å². The predicted molar refractivity (Wildman–Crippen MR) is 70.5 cm³/mol. The Bertz CT molecular complexity index is 378. The molecule has 1 aliphatic rings. The van der Waals surface area contributed by atoms with E-state index in [9.17, 15) is 0 Å². The van der Waals surface area contributed by atoms with Gasteiger partial charge in [-0.2, -0.15) is 0 Å². The number of methoxy groups -OCH3 is 1. The van der Waals surface area contributed by atoms with Gasteiger partial charge >= 0.3 is 0 Å². The Morgan fingerprint density at radius 1 is 1.41 bits per heavy atom. The van der Waals surface area contributed by atoms with Crippen LogP contribution in [0.1, 0.15) is 24.4 Å². The SMILES string of the molecule is COc1ccc(Cl)cc1C(N)C1CCNCC1. The fourth-order valence-corrected chi connectivity index (χ4v) is 2.60. The average molecular weight is 255 g/mol. The quantitative estimate of drug-likeness (QED) is 0.871. The minimum Gasteiger partial charge on any atom is -0.496 e. The molecular weight excluding hydrogens is 236 g/mol. The van der Waals surface area contributed by atoms with Gasteiger partial charge in [0.15, 0.2) is 0 Å². The van der Waals surface area contributed by atoms with Crippen molar-refractivity contribution in [3.8, 4) is 5.75 Å².